The molecule has 0 heterocycles. The van der Waals surface area contributed by atoms with E-state index < -0.39 is 0 Å². The van der Waals surface area contributed by atoms with Gasteiger partial charge in [0.1, 0.15) is 5.78 Å². The van der Waals surface area contributed by atoms with Gasteiger partial charge in [0.15, 0.2) is 0 Å². The summed E-state index contributed by atoms with van der Waals surface area (Å²) in [6.07, 6.45) is 0.882. The van der Waals surface area contributed by atoms with E-state index in [0.717, 1.165) is 13.0 Å². The smallest absolute Gasteiger partial charge is 0.146 e. The Hall–Kier alpha value is -1.15. The van der Waals surface area contributed by atoms with Gasteiger partial charge in [-0.2, -0.15) is 0 Å². The maximum atomic E-state index is 11.8. The van der Waals surface area contributed by atoms with Crippen molar-refractivity contribution in [3.63, 3.8) is 0 Å². The average Bonchev–Trinajstić information content (AvgIpc) is 2.35. The molecule has 19 heavy (non-hydrogen) atoms. The van der Waals surface area contributed by atoms with E-state index in [1.807, 2.05) is 18.2 Å². The standard InChI is InChI=1S/C17H27NO/c1-13(2)17(4,5)11-16(14(3)19)18-12-15-9-7-6-8-10-15/h6-10,13,16,18H,11-12H2,1-5H3. The predicted molar refractivity (Wildman–Crippen MR) is 81.0 cm³/mol. The SMILES string of the molecule is CC(=O)C(CC(C)(C)C(C)C)NCc1ccccc1. The van der Waals surface area contributed by atoms with Crippen LogP contribution in [-0.4, -0.2) is 11.8 Å². The number of rotatable bonds is 7. The molecule has 0 amide bonds. The molecule has 0 saturated carbocycles. The van der Waals surface area contributed by atoms with Crippen molar-refractivity contribution in [3.05, 3.63) is 35.9 Å². The molecule has 0 fully saturated rings. The normalized spacial score (nSPS) is 13.6. The summed E-state index contributed by atoms with van der Waals surface area (Å²) < 4.78 is 0. The number of carbonyl (C=O) groups is 1. The molecule has 1 unspecified atom stereocenters. The van der Waals surface area contributed by atoms with Crippen LogP contribution in [0.4, 0.5) is 0 Å². The minimum atomic E-state index is -0.0578. The summed E-state index contributed by atoms with van der Waals surface area (Å²) in [6.45, 7) is 11.3. The van der Waals surface area contributed by atoms with Gasteiger partial charge < -0.3 is 5.32 Å². The molecule has 2 heteroatoms. The fourth-order valence-electron chi connectivity index (χ4n) is 1.96. The van der Waals surface area contributed by atoms with Crippen LogP contribution in [0.1, 0.15) is 46.6 Å². The largest absolute Gasteiger partial charge is 0.303 e. The molecule has 0 aliphatic carbocycles. The number of Topliss-reactive ketones (excluding diaryl/α,β-unsaturated/α-hetero) is 1. The molecule has 0 aliphatic rings. The summed E-state index contributed by atoms with van der Waals surface area (Å²) in [5, 5.41) is 3.40. The van der Waals surface area contributed by atoms with Gasteiger partial charge in [-0.05, 0) is 30.2 Å². The maximum absolute atomic E-state index is 11.8. The first-order valence-electron chi connectivity index (χ1n) is 7.10. The Bertz CT molecular complexity index is 395. The van der Waals surface area contributed by atoms with Gasteiger partial charge in [0.25, 0.3) is 0 Å². The number of carbonyl (C=O) groups excluding carboxylic acids is 1. The summed E-state index contributed by atoms with van der Waals surface area (Å²) in [7, 11) is 0. The lowest BCUT2D eigenvalue weighted by Crippen LogP contribution is -2.40. The van der Waals surface area contributed by atoms with E-state index >= 15 is 0 Å². The Kier molecular flexibility index (Phi) is 5.74. The van der Waals surface area contributed by atoms with Crippen molar-refractivity contribution in [3.8, 4) is 0 Å². The van der Waals surface area contributed by atoms with Crippen LogP contribution >= 0.6 is 0 Å². The first kappa shape index (κ1) is 15.9. The van der Waals surface area contributed by atoms with E-state index in [0.29, 0.717) is 5.92 Å². The van der Waals surface area contributed by atoms with E-state index in [4.69, 9.17) is 0 Å². The van der Waals surface area contributed by atoms with Crippen LogP contribution in [0.25, 0.3) is 0 Å². The molecule has 1 aromatic rings. The molecule has 1 rings (SSSR count). The second-order valence-electron chi connectivity index (χ2n) is 6.38. The Balaban J connectivity index is 2.62. The highest BCUT2D eigenvalue weighted by atomic mass is 16.1. The van der Waals surface area contributed by atoms with Gasteiger partial charge in [0, 0.05) is 6.54 Å². The predicted octanol–water partition coefficient (Wildman–Crippen LogP) is 3.81. The quantitative estimate of drug-likeness (QED) is 0.808. The van der Waals surface area contributed by atoms with Gasteiger partial charge in [-0.3, -0.25) is 4.79 Å². The van der Waals surface area contributed by atoms with Gasteiger partial charge in [-0.25, -0.2) is 0 Å². The van der Waals surface area contributed by atoms with E-state index in [1.165, 1.54) is 5.56 Å². The van der Waals surface area contributed by atoms with Crippen molar-refractivity contribution in [1.29, 1.82) is 0 Å². The number of ketones is 1. The summed E-state index contributed by atoms with van der Waals surface area (Å²) in [5.41, 5.74) is 1.39. The van der Waals surface area contributed by atoms with E-state index in [1.54, 1.807) is 6.92 Å². The lowest BCUT2D eigenvalue weighted by Gasteiger charge is -2.33. The third-order valence-electron chi connectivity index (χ3n) is 4.18. The Morgan fingerprint density at radius 3 is 2.26 bits per heavy atom. The highest BCUT2D eigenvalue weighted by Gasteiger charge is 2.28. The van der Waals surface area contributed by atoms with Crippen molar-refractivity contribution < 1.29 is 4.79 Å². The average molecular weight is 261 g/mol. The molecular formula is C17H27NO. The molecule has 0 aromatic heterocycles. The summed E-state index contributed by atoms with van der Waals surface area (Å²) in [5.74, 6) is 0.789. The van der Waals surface area contributed by atoms with Crippen molar-refractivity contribution in [1.82, 2.24) is 5.32 Å². The van der Waals surface area contributed by atoms with Crippen LogP contribution in [0, 0.1) is 11.3 Å². The molecule has 2 nitrogen and oxygen atoms in total. The van der Waals surface area contributed by atoms with E-state index in [-0.39, 0.29) is 17.2 Å². The molecule has 1 aromatic carbocycles. The Morgan fingerprint density at radius 1 is 1.21 bits per heavy atom. The molecular weight excluding hydrogens is 234 g/mol. The summed E-state index contributed by atoms with van der Waals surface area (Å²) in [4.78, 5) is 11.8. The van der Waals surface area contributed by atoms with Crippen LogP contribution in [0.15, 0.2) is 30.3 Å². The first-order chi connectivity index (χ1) is 8.83. The zero-order valence-electron chi connectivity index (χ0n) is 12.9. The van der Waals surface area contributed by atoms with Crippen LogP contribution in [-0.2, 0) is 11.3 Å². The van der Waals surface area contributed by atoms with Gasteiger partial charge >= 0.3 is 0 Å². The second-order valence-corrected chi connectivity index (χ2v) is 6.38. The van der Waals surface area contributed by atoms with Crippen LogP contribution < -0.4 is 5.32 Å². The first-order valence-corrected chi connectivity index (χ1v) is 7.10. The molecule has 0 radical (unpaired) electrons. The molecule has 0 spiro atoms. The van der Waals surface area contributed by atoms with Crippen molar-refractivity contribution in [2.45, 2.75) is 53.6 Å². The fraction of sp³-hybridized carbons (Fsp3) is 0.588. The van der Waals surface area contributed by atoms with Gasteiger partial charge in [0.05, 0.1) is 6.04 Å². The van der Waals surface area contributed by atoms with Gasteiger partial charge in [-0.1, -0.05) is 58.0 Å². The van der Waals surface area contributed by atoms with Crippen molar-refractivity contribution in [2.24, 2.45) is 11.3 Å². The maximum Gasteiger partial charge on any atom is 0.146 e. The van der Waals surface area contributed by atoms with Crippen LogP contribution in [0.2, 0.25) is 0 Å². The van der Waals surface area contributed by atoms with Gasteiger partial charge in [-0.15, -0.1) is 0 Å². The van der Waals surface area contributed by atoms with E-state index in [9.17, 15) is 4.79 Å². The fourth-order valence-corrected chi connectivity index (χ4v) is 1.96. The Morgan fingerprint density at radius 2 is 1.79 bits per heavy atom. The zero-order valence-corrected chi connectivity index (χ0v) is 12.9. The van der Waals surface area contributed by atoms with Gasteiger partial charge in [0.2, 0.25) is 0 Å². The van der Waals surface area contributed by atoms with Crippen LogP contribution in [0.3, 0.4) is 0 Å². The number of nitrogens with one attached hydrogen (secondary N) is 1. The second kappa shape index (κ2) is 6.85. The van der Waals surface area contributed by atoms with Crippen LogP contribution in [0.5, 0.6) is 0 Å². The highest BCUT2D eigenvalue weighted by molar-refractivity contribution is 5.81. The van der Waals surface area contributed by atoms with Crippen molar-refractivity contribution in [2.75, 3.05) is 0 Å². The molecule has 0 aliphatic heterocycles. The summed E-state index contributed by atoms with van der Waals surface area (Å²) >= 11 is 0. The third kappa shape index (κ3) is 5.15. The van der Waals surface area contributed by atoms with Crippen molar-refractivity contribution >= 4 is 5.78 Å². The number of hydrogen-bond acceptors (Lipinski definition) is 2. The van der Waals surface area contributed by atoms with E-state index in [2.05, 4.69) is 45.1 Å². The Labute approximate surface area is 117 Å². The molecule has 0 bridgehead atoms. The summed E-state index contributed by atoms with van der Waals surface area (Å²) in [6, 6.07) is 10.2. The molecule has 0 saturated heterocycles. The topological polar surface area (TPSA) is 29.1 Å². The lowest BCUT2D eigenvalue weighted by atomic mass is 9.75. The minimum absolute atomic E-state index is 0.0578. The third-order valence-corrected chi connectivity index (χ3v) is 4.18. The monoisotopic (exact) mass is 261 g/mol. The molecule has 1 atom stereocenters. The number of hydrogen-bond donors (Lipinski definition) is 1. The molecule has 106 valence electrons. The lowest BCUT2D eigenvalue weighted by molar-refractivity contribution is -0.120. The minimum Gasteiger partial charge on any atom is -0.303 e. The molecule has 1 N–H and O–H groups in total. The highest BCUT2D eigenvalue weighted by Crippen LogP contribution is 2.31. The zero-order chi connectivity index (χ0) is 14.5. The number of benzene rings is 1.